The van der Waals surface area contributed by atoms with Crippen molar-refractivity contribution >= 4 is 28.8 Å². The van der Waals surface area contributed by atoms with E-state index in [2.05, 4.69) is 0 Å². The molecule has 28 heavy (non-hydrogen) atoms. The number of thiophene rings is 1. The Morgan fingerprint density at radius 1 is 1.29 bits per heavy atom. The van der Waals surface area contributed by atoms with Crippen molar-refractivity contribution in [2.24, 2.45) is 0 Å². The summed E-state index contributed by atoms with van der Waals surface area (Å²) in [7, 11) is 1.54. The monoisotopic (exact) mass is 401 g/mol. The molecule has 1 saturated heterocycles. The van der Waals surface area contributed by atoms with Crippen LogP contribution in [0.2, 0.25) is 0 Å². The molecular formula is C21H23NO5S. The van der Waals surface area contributed by atoms with Gasteiger partial charge in [-0.1, -0.05) is 12.1 Å². The van der Waals surface area contributed by atoms with Crippen LogP contribution in [0.3, 0.4) is 0 Å². The van der Waals surface area contributed by atoms with E-state index in [9.17, 15) is 14.7 Å². The van der Waals surface area contributed by atoms with E-state index in [4.69, 9.17) is 9.47 Å². The number of hydrogen-bond acceptors (Lipinski definition) is 6. The van der Waals surface area contributed by atoms with Gasteiger partial charge in [-0.25, -0.2) is 0 Å². The maximum absolute atomic E-state index is 12.8. The zero-order valence-corrected chi connectivity index (χ0v) is 16.9. The molecule has 0 spiro atoms. The first-order chi connectivity index (χ1) is 13.5. The molecule has 0 bridgehead atoms. The van der Waals surface area contributed by atoms with Crippen LogP contribution in [0.1, 0.15) is 29.0 Å². The van der Waals surface area contributed by atoms with Crippen molar-refractivity contribution in [3.8, 4) is 5.75 Å². The Morgan fingerprint density at radius 2 is 2.07 bits per heavy atom. The molecule has 1 unspecified atom stereocenters. The molecule has 3 rings (SSSR count). The predicted octanol–water partition coefficient (Wildman–Crippen LogP) is 3.52. The van der Waals surface area contributed by atoms with Crippen molar-refractivity contribution in [1.82, 2.24) is 4.90 Å². The highest BCUT2D eigenvalue weighted by Gasteiger charge is 2.46. The minimum atomic E-state index is -0.687. The predicted molar refractivity (Wildman–Crippen MR) is 108 cm³/mol. The van der Waals surface area contributed by atoms with E-state index in [-0.39, 0.29) is 17.9 Å². The van der Waals surface area contributed by atoms with Crippen molar-refractivity contribution in [2.45, 2.75) is 19.9 Å². The van der Waals surface area contributed by atoms with Crippen LogP contribution >= 0.6 is 11.3 Å². The summed E-state index contributed by atoms with van der Waals surface area (Å²) in [5.41, 5.74) is 1.50. The number of carbonyl (C=O) groups excluding carboxylic acids is 2. The van der Waals surface area contributed by atoms with Gasteiger partial charge in [0.2, 0.25) is 0 Å². The van der Waals surface area contributed by atoms with Crippen LogP contribution in [0.15, 0.2) is 41.3 Å². The molecule has 1 atom stereocenters. The first-order valence-corrected chi connectivity index (χ1v) is 9.92. The lowest BCUT2D eigenvalue weighted by Gasteiger charge is -2.24. The highest BCUT2D eigenvalue weighted by Crippen LogP contribution is 2.42. The fourth-order valence-corrected chi connectivity index (χ4v) is 4.34. The third kappa shape index (κ3) is 3.68. The first-order valence-electron chi connectivity index (χ1n) is 9.04. The van der Waals surface area contributed by atoms with E-state index in [1.54, 1.807) is 31.4 Å². The Labute approximate surface area is 168 Å². The molecule has 0 radical (unpaired) electrons. The summed E-state index contributed by atoms with van der Waals surface area (Å²) in [5, 5.41) is 12.9. The first kappa shape index (κ1) is 20.1. The molecule has 1 aliphatic heterocycles. The van der Waals surface area contributed by atoms with Gasteiger partial charge in [0.25, 0.3) is 11.7 Å². The van der Waals surface area contributed by atoms with Gasteiger partial charge in [0.1, 0.15) is 11.5 Å². The fourth-order valence-electron chi connectivity index (χ4n) is 3.29. The van der Waals surface area contributed by atoms with Gasteiger partial charge in [-0.05, 0) is 43.0 Å². The third-order valence-electron chi connectivity index (χ3n) is 4.64. The van der Waals surface area contributed by atoms with Gasteiger partial charge in [0.05, 0.1) is 24.8 Å². The maximum atomic E-state index is 12.8. The quantitative estimate of drug-likeness (QED) is 0.436. The molecule has 0 saturated carbocycles. The lowest BCUT2D eigenvalue weighted by molar-refractivity contribution is -0.140. The number of nitrogens with zero attached hydrogens (tertiary/aromatic N) is 1. The van der Waals surface area contributed by atoms with Gasteiger partial charge >= 0.3 is 0 Å². The molecule has 0 aliphatic carbocycles. The normalized spacial score (nSPS) is 18.7. The Bertz CT molecular complexity index is 917. The van der Waals surface area contributed by atoms with Crippen LogP contribution in [0, 0.1) is 6.92 Å². The molecular weight excluding hydrogens is 378 g/mol. The Hall–Kier alpha value is -2.64. The zero-order valence-electron chi connectivity index (χ0n) is 16.1. The van der Waals surface area contributed by atoms with Crippen LogP contribution < -0.4 is 4.74 Å². The molecule has 7 heteroatoms. The van der Waals surface area contributed by atoms with Crippen molar-refractivity contribution in [1.29, 1.82) is 0 Å². The number of ketones is 1. The van der Waals surface area contributed by atoms with Gasteiger partial charge in [0, 0.05) is 24.1 Å². The van der Waals surface area contributed by atoms with Crippen molar-refractivity contribution in [3.63, 3.8) is 0 Å². The minimum absolute atomic E-state index is 0.0975. The summed E-state index contributed by atoms with van der Waals surface area (Å²) >= 11 is 1.46. The average Bonchev–Trinajstić information content (AvgIpc) is 3.21. The lowest BCUT2D eigenvalue weighted by Crippen LogP contribution is -2.32. The smallest absolute Gasteiger partial charge is 0.295 e. The molecule has 6 nitrogen and oxygen atoms in total. The van der Waals surface area contributed by atoms with Crippen LogP contribution in [0.4, 0.5) is 0 Å². The summed E-state index contributed by atoms with van der Waals surface area (Å²) in [5.74, 6) is -0.924. The number of methoxy groups -OCH3 is 1. The maximum Gasteiger partial charge on any atom is 0.295 e. The largest absolute Gasteiger partial charge is 0.507 e. The van der Waals surface area contributed by atoms with Crippen LogP contribution in [-0.4, -0.2) is 48.6 Å². The average molecular weight is 401 g/mol. The summed E-state index contributed by atoms with van der Waals surface area (Å²) < 4.78 is 10.6. The number of ether oxygens (including phenoxy) is 2. The van der Waals surface area contributed by atoms with Gasteiger partial charge in [-0.3, -0.25) is 9.59 Å². The number of amides is 1. The molecule has 2 heterocycles. The number of rotatable bonds is 7. The second-order valence-corrected chi connectivity index (χ2v) is 7.36. The van der Waals surface area contributed by atoms with Crippen LogP contribution in [0.5, 0.6) is 5.75 Å². The van der Waals surface area contributed by atoms with E-state index < -0.39 is 17.7 Å². The minimum Gasteiger partial charge on any atom is -0.507 e. The van der Waals surface area contributed by atoms with Crippen LogP contribution in [-0.2, 0) is 14.3 Å². The second-order valence-electron chi connectivity index (χ2n) is 6.41. The molecule has 2 aromatic rings. The zero-order chi connectivity index (χ0) is 20.3. The van der Waals surface area contributed by atoms with E-state index in [0.29, 0.717) is 24.5 Å². The molecule has 1 aromatic carbocycles. The molecule has 148 valence electrons. The summed E-state index contributed by atoms with van der Waals surface area (Å²) in [6.07, 6.45) is 0. The van der Waals surface area contributed by atoms with E-state index in [0.717, 1.165) is 10.4 Å². The van der Waals surface area contributed by atoms with Gasteiger partial charge in [0.15, 0.2) is 0 Å². The Kier molecular flexibility index (Phi) is 6.16. The number of Topliss-reactive ketones (excluding diaryl/α,β-unsaturated/α-hetero) is 1. The summed E-state index contributed by atoms with van der Waals surface area (Å²) in [6.45, 7) is 4.85. The molecule has 1 fully saturated rings. The molecule has 1 amide bonds. The second kappa shape index (κ2) is 8.58. The van der Waals surface area contributed by atoms with Crippen molar-refractivity contribution in [2.75, 3.05) is 26.9 Å². The van der Waals surface area contributed by atoms with Crippen molar-refractivity contribution in [3.05, 3.63) is 57.3 Å². The van der Waals surface area contributed by atoms with E-state index in [1.807, 2.05) is 25.3 Å². The number of hydrogen-bond donors (Lipinski definition) is 1. The third-order valence-corrected chi connectivity index (χ3v) is 5.72. The van der Waals surface area contributed by atoms with E-state index >= 15 is 0 Å². The number of aliphatic hydroxyl groups excluding tert-OH is 1. The number of likely N-dealkylation sites (tertiary alicyclic amines) is 1. The number of aliphatic hydroxyl groups is 1. The molecule has 1 aromatic heterocycles. The topological polar surface area (TPSA) is 76.1 Å². The summed E-state index contributed by atoms with van der Waals surface area (Å²) in [4.78, 5) is 27.9. The SMILES string of the molecule is CCOc1cccc(/C(O)=C2/C(=O)C(=O)N(CCOC)C2c2sccc2C)c1. The van der Waals surface area contributed by atoms with Gasteiger partial charge < -0.3 is 19.5 Å². The standard InChI is InChI=1S/C21H23NO5S/c1-4-27-15-7-5-6-14(12-15)18(23)16-17(20-13(2)8-11-28-20)22(9-10-26-3)21(25)19(16)24/h5-8,11-12,17,23H,4,9-10H2,1-3H3/b18-16-. The highest BCUT2D eigenvalue weighted by atomic mass is 32.1. The molecule has 1 aliphatic rings. The number of carbonyl (C=O) groups is 2. The van der Waals surface area contributed by atoms with Crippen molar-refractivity contribution < 1.29 is 24.2 Å². The highest BCUT2D eigenvalue weighted by molar-refractivity contribution is 7.10. The lowest BCUT2D eigenvalue weighted by atomic mass is 9.98. The number of benzene rings is 1. The number of aryl methyl sites for hydroxylation is 1. The Balaban J connectivity index is 2.14. The fraction of sp³-hybridized carbons (Fsp3) is 0.333. The Morgan fingerprint density at radius 3 is 2.71 bits per heavy atom. The van der Waals surface area contributed by atoms with Gasteiger partial charge in [-0.2, -0.15) is 0 Å². The van der Waals surface area contributed by atoms with E-state index in [1.165, 1.54) is 16.2 Å². The molecule has 1 N–H and O–H groups in total. The summed E-state index contributed by atoms with van der Waals surface area (Å²) in [6, 6.07) is 8.18. The van der Waals surface area contributed by atoms with Gasteiger partial charge in [-0.15, -0.1) is 11.3 Å². The van der Waals surface area contributed by atoms with Crippen LogP contribution in [0.25, 0.3) is 5.76 Å².